The van der Waals surface area contributed by atoms with Crippen molar-refractivity contribution in [3.05, 3.63) is 34.3 Å². The van der Waals surface area contributed by atoms with Crippen molar-refractivity contribution in [1.29, 1.82) is 0 Å². The summed E-state index contributed by atoms with van der Waals surface area (Å²) in [5.41, 5.74) is 7.43. The summed E-state index contributed by atoms with van der Waals surface area (Å²) < 4.78 is 6.95. The summed E-state index contributed by atoms with van der Waals surface area (Å²) in [5, 5.41) is 0. The Bertz CT molecular complexity index is 427. The molecule has 112 valence electrons. The van der Waals surface area contributed by atoms with Crippen molar-refractivity contribution in [2.75, 3.05) is 19.6 Å². The van der Waals surface area contributed by atoms with Gasteiger partial charge in [0.25, 0.3) is 0 Å². The van der Waals surface area contributed by atoms with Gasteiger partial charge in [0.15, 0.2) is 0 Å². The summed E-state index contributed by atoms with van der Waals surface area (Å²) in [6.07, 6.45) is 1.51. The maximum absolute atomic E-state index is 6.11. The molecular weight excluding hydrogens is 316 g/mol. The molecule has 1 aliphatic rings. The van der Waals surface area contributed by atoms with E-state index in [1.807, 2.05) is 0 Å². The van der Waals surface area contributed by atoms with Crippen molar-refractivity contribution in [2.45, 2.75) is 44.9 Å². The molecule has 1 heterocycles. The normalized spacial score (nSPS) is 27.2. The van der Waals surface area contributed by atoms with E-state index < -0.39 is 0 Å². The Morgan fingerprint density at radius 2 is 1.80 bits per heavy atom. The molecule has 0 spiro atoms. The maximum Gasteiger partial charge on any atom is 0.0678 e. The molecule has 20 heavy (non-hydrogen) atoms. The van der Waals surface area contributed by atoms with Gasteiger partial charge in [-0.1, -0.05) is 28.1 Å². The van der Waals surface area contributed by atoms with E-state index in [4.69, 9.17) is 10.5 Å². The van der Waals surface area contributed by atoms with Crippen LogP contribution in [0.5, 0.6) is 0 Å². The van der Waals surface area contributed by atoms with E-state index in [-0.39, 0.29) is 17.7 Å². The Hall–Kier alpha value is -0.420. The molecule has 0 bridgehead atoms. The first-order chi connectivity index (χ1) is 9.43. The van der Waals surface area contributed by atoms with Gasteiger partial charge in [-0.2, -0.15) is 0 Å². The predicted molar refractivity (Wildman–Crippen MR) is 86.9 cm³/mol. The van der Waals surface area contributed by atoms with Crippen molar-refractivity contribution >= 4 is 15.9 Å². The van der Waals surface area contributed by atoms with Gasteiger partial charge in [-0.3, -0.25) is 4.90 Å². The van der Waals surface area contributed by atoms with Crippen LogP contribution in [0.4, 0.5) is 0 Å². The lowest BCUT2D eigenvalue weighted by atomic mass is 9.89. The lowest BCUT2D eigenvalue weighted by molar-refractivity contribution is -0.0972. The molecule has 0 aliphatic carbocycles. The molecular formula is C16H25BrN2O. The molecule has 3 atom stereocenters. The summed E-state index contributed by atoms with van der Waals surface area (Å²) in [4.78, 5) is 2.49. The third kappa shape index (κ3) is 3.82. The average Bonchev–Trinajstić information content (AvgIpc) is 2.40. The van der Waals surface area contributed by atoms with Gasteiger partial charge in [-0.05, 0) is 44.9 Å². The Kier molecular flexibility index (Phi) is 5.24. The van der Waals surface area contributed by atoms with Crippen LogP contribution in [0, 0.1) is 0 Å². The molecule has 2 N–H and O–H groups in total. The molecule has 4 heteroatoms. The summed E-state index contributed by atoms with van der Waals surface area (Å²) in [5.74, 6) is 0. The molecule has 0 saturated carbocycles. The van der Waals surface area contributed by atoms with Crippen molar-refractivity contribution < 1.29 is 4.74 Å². The highest BCUT2D eigenvalue weighted by Crippen LogP contribution is 2.25. The van der Waals surface area contributed by atoms with Gasteiger partial charge in [-0.15, -0.1) is 0 Å². The van der Waals surface area contributed by atoms with Crippen molar-refractivity contribution in [1.82, 2.24) is 4.90 Å². The largest absolute Gasteiger partial charge is 0.373 e. The van der Waals surface area contributed by atoms with Gasteiger partial charge >= 0.3 is 0 Å². The van der Waals surface area contributed by atoms with Gasteiger partial charge in [0.1, 0.15) is 0 Å². The zero-order chi connectivity index (χ0) is 14.8. The Balaban J connectivity index is 2.13. The van der Waals surface area contributed by atoms with Gasteiger partial charge in [0.05, 0.1) is 12.2 Å². The van der Waals surface area contributed by atoms with Crippen LogP contribution in [0.1, 0.15) is 26.3 Å². The van der Waals surface area contributed by atoms with E-state index in [1.54, 1.807) is 0 Å². The Morgan fingerprint density at radius 3 is 2.30 bits per heavy atom. The number of rotatable bonds is 4. The van der Waals surface area contributed by atoms with E-state index in [0.29, 0.717) is 6.54 Å². The van der Waals surface area contributed by atoms with E-state index >= 15 is 0 Å². The molecule has 0 aromatic heterocycles. The first-order valence-corrected chi connectivity index (χ1v) is 8.07. The minimum atomic E-state index is -0.0138. The first kappa shape index (κ1) is 16.0. The van der Waals surface area contributed by atoms with Crippen LogP contribution in [-0.2, 0) is 11.2 Å². The molecule has 1 fully saturated rings. The zero-order valence-corrected chi connectivity index (χ0v) is 14.2. The highest BCUT2D eigenvalue weighted by Gasteiger charge is 2.35. The second-order valence-corrected chi connectivity index (χ2v) is 7.08. The Morgan fingerprint density at radius 1 is 1.25 bits per heavy atom. The minimum absolute atomic E-state index is 0.0138. The number of ether oxygens (including phenoxy) is 1. The quantitative estimate of drug-likeness (QED) is 0.915. The molecule has 1 aromatic rings. The number of hydrogen-bond donors (Lipinski definition) is 1. The van der Waals surface area contributed by atoms with Crippen molar-refractivity contribution in [3.8, 4) is 0 Å². The fourth-order valence-corrected chi connectivity index (χ4v) is 3.24. The van der Waals surface area contributed by atoms with E-state index in [9.17, 15) is 0 Å². The topological polar surface area (TPSA) is 38.5 Å². The van der Waals surface area contributed by atoms with Gasteiger partial charge in [0.2, 0.25) is 0 Å². The predicted octanol–water partition coefficient (Wildman–Crippen LogP) is 2.82. The van der Waals surface area contributed by atoms with Gasteiger partial charge in [-0.25, -0.2) is 0 Å². The van der Waals surface area contributed by atoms with Crippen LogP contribution in [0.2, 0.25) is 0 Å². The summed E-state index contributed by atoms with van der Waals surface area (Å²) in [7, 11) is 0. The number of morpholine rings is 1. The SMILES string of the molecule is CC1CN(C(C)(CN)Cc2ccc(Br)cc2)CC(C)O1. The standard InChI is InChI=1S/C16H25BrN2O/c1-12-9-19(10-13(2)20-12)16(3,11-18)8-14-4-6-15(17)7-5-14/h4-7,12-13H,8-11,18H2,1-3H3. The second-order valence-electron chi connectivity index (χ2n) is 6.17. The third-order valence-electron chi connectivity index (χ3n) is 4.12. The van der Waals surface area contributed by atoms with Crippen molar-refractivity contribution in [3.63, 3.8) is 0 Å². The lowest BCUT2D eigenvalue weighted by Crippen LogP contribution is -2.60. The number of nitrogens with zero attached hydrogens (tertiary/aromatic N) is 1. The van der Waals surface area contributed by atoms with Gasteiger partial charge in [0, 0.05) is 29.6 Å². The summed E-state index contributed by atoms with van der Waals surface area (Å²) >= 11 is 3.48. The monoisotopic (exact) mass is 340 g/mol. The van der Waals surface area contributed by atoms with Crippen LogP contribution in [0.25, 0.3) is 0 Å². The zero-order valence-electron chi connectivity index (χ0n) is 12.6. The molecule has 3 nitrogen and oxygen atoms in total. The van der Waals surface area contributed by atoms with Crippen LogP contribution < -0.4 is 5.73 Å². The van der Waals surface area contributed by atoms with Crippen LogP contribution >= 0.6 is 15.9 Å². The van der Waals surface area contributed by atoms with E-state index in [0.717, 1.165) is 24.0 Å². The molecule has 3 unspecified atom stereocenters. The van der Waals surface area contributed by atoms with Gasteiger partial charge < -0.3 is 10.5 Å². The first-order valence-electron chi connectivity index (χ1n) is 7.28. The molecule has 1 aromatic carbocycles. The molecule has 2 rings (SSSR count). The molecule has 1 saturated heterocycles. The number of nitrogens with two attached hydrogens (primary N) is 1. The highest BCUT2D eigenvalue weighted by atomic mass is 79.9. The second kappa shape index (κ2) is 6.56. The minimum Gasteiger partial charge on any atom is -0.373 e. The molecule has 1 aliphatic heterocycles. The average molecular weight is 341 g/mol. The van der Waals surface area contributed by atoms with Crippen LogP contribution in [-0.4, -0.2) is 42.3 Å². The fourth-order valence-electron chi connectivity index (χ4n) is 2.97. The number of hydrogen-bond acceptors (Lipinski definition) is 3. The van der Waals surface area contributed by atoms with Crippen LogP contribution in [0.15, 0.2) is 28.7 Å². The maximum atomic E-state index is 6.11. The summed E-state index contributed by atoms with van der Waals surface area (Å²) in [6.45, 7) is 9.10. The van der Waals surface area contributed by atoms with E-state index in [2.05, 4.69) is 65.9 Å². The lowest BCUT2D eigenvalue weighted by Gasteiger charge is -2.46. The molecule has 0 amide bonds. The molecule has 0 radical (unpaired) electrons. The highest BCUT2D eigenvalue weighted by molar-refractivity contribution is 9.10. The number of benzene rings is 1. The smallest absolute Gasteiger partial charge is 0.0678 e. The third-order valence-corrected chi connectivity index (χ3v) is 4.65. The van der Waals surface area contributed by atoms with Crippen LogP contribution in [0.3, 0.4) is 0 Å². The fraction of sp³-hybridized carbons (Fsp3) is 0.625. The number of halogens is 1. The van der Waals surface area contributed by atoms with E-state index in [1.165, 1.54) is 5.56 Å². The summed E-state index contributed by atoms with van der Waals surface area (Å²) in [6, 6.07) is 8.53. The Labute approximate surface area is 130 Å². The van der Waals surface area contributed by atoms with Crippen molar-refractivity contribution in [2.24, 2.45) is 5.73 Å².